The molecule has 3 aromatic rings. The smallest absolute Gasteiger partial charge is 0.303 e. The van der Waals surface area contributed by atoms with E-state index in [9.17, 15) is 9.59 Å². The lowest BCUT2D eigenvalue weighted by molar-refractivity contribution is -0.137. The van der Waals surface area contributed by atoms with Crippen molar-refractivity contribution in [2.24, 2.45) is 0 Å². The van der Waals surface area contributed by atoms with E-state index in [2.05, 4.69) is 4.98 Å². The van der Waals surface area contributed by atoms with Gasteiger partial charge in [-0.05, 0) is 18.9 Å². The highest BCUT2D eigenvalue weighted by molar-refractivity contribution is 7.17. The third kappa shape index (κ3) is 4.26. The molecule has 0 amide bonds. The zero-order chi connectivity index (χ0) is 19.4. The van der Waals surface area contributed by atoms with Crippen molar-refractivity contribution in [1.29, 1.82) is 0 Å². The van der Waals surface area contributed by atoms with Crippen molar-refractivity contribution in [3.63, 3.8) is 0 Å². The van der Waals surface area contributed by atoms with Gasteiger partial charge in [-0.3, -0.25) is 14.2 Å². The van der Waals surface area contributed by atoms with E-state index in [-0.39, 0.29) is 12.0 Å². The van der Waals surface area contributed by atoms with E-state index in [4.69, 9.17) is 9.84 Å². The first kappa shape index (κ1) is 19.3. The molecule has 1 N–H and O–H groups in total. The topological polar surface area (TPSA) is 81.4 Å². The number of carboxylic acid groups (broad SMARTS) is 1. The first-order chi connectivity index (χ1) is 13.0. The van der Waals surface area contributed by atoms with Gasteiger partial charge in [-0.15, -0.1) is 11.3 Å². The summed E-state index contributed by atoms with van der Waals surface area (Å²) in [7, 11) is 1.60. The van der Waals surface area contributed by atoms with Gasteiger partial charge in [0, 0.05) is 37.4 Å². The Morgan fingerprint density at radius 1 is 1.30 bits per heavy atom. The third-order valence-corrected chi connectivity index (χ3v) is 5.31. The lowest BCUT2D eigenvalue weighted by Gasteiger charge is -2.12. The molecule has 0 radical (unpaired) electrons. The highest BCUT2D eigenvalue weighted by Gasteiger charge is 2.17. The van der Waals surface area contributed by atoms with Gasteiger partial charge in [0.25, 0.3) is 5.56 Å². The van der Waals surface area contributed by atoms with Crippen LogP contribution >= 0.6 is 11.3 Å². The summed E-state index contributed by atoms with van der Waals surface area (Å²) >= 11 is 1.45. The molecule has 0 aliphatic heterocycles. The van der Waals surface area contributed by atoms with Gasteiger partial charge in [-0.25, -0.2) is 4.98 Å². The normalized spacial score (nSPS) is 11.2. The Morgan fingerprint density at radius 2 is 2.04 bits per heavy atom. The van der Waals surface area contributed by atoms with Crippen LogP contribution in [0.25, 0.3) is 21.3 Å². The Morgan fingerprint density at radius 3 is 2.70 bits per heavy atom. The number of thiophene rings is 1. The summed E-state index contributed by atoms with van der Waals surface area (Å²) < 4.78 is 6.74. The molecule has 27 heavy (non-hydrogen) atoms. The number of fused-ring (bicyclic) bond motifs is 1. The van der Waals surface area contributed by atoms with E-state index in [0.29, 0.717) is 42.0 Å². The lowest BCUT2D eigenvalue weighted by Crippen LogP contribution is -2.26. The van der Waals surface area contributed by atoms with Gasteiger partial charge in [0.05, 0.1) is 12.0 Å². The second kappa shape index (κ2) is 8.45. The second-order valence-corrected chi connectivity index (χ2v) is 7.28. The van der Waals surface area contributed by atoms with Crippen molar-refractivity contribution in [1.82, 2.24) is 9.55 Å². The number of aromatic nitrogens is 2. The maximum Gasteiger partial charge on any atom is 0.303 e. The molecule has 0 saturated carbocycles. The molecule has 3 rings (SSSR count). The number of methoxy groups -OCH3 is 1. The molecule has 7 heteroatoms. The number of aryl methyl sites for hydroxylation is 1. The summed E-state index contributed by atoms with van der Waals surface area (Å²) in [6.45, 7) is 2.80. The number of hydrogen-bond donors (Lipinski definition) is 1. The molecule has 0 spiro atoms. The average molecular weight is 386 g/mol. The number of aliphatic carboxylic acids is 1. The predicted octanol–water partition coefficient (Wildman–Crippen LogP) is 3.49. The highest BCUT2D eigenvalue weighted by Crippen LogP contribution is 2.31. The molecule has 0 aliphatic carbocycles. The molecule has 2 heterocycles. The van der Waals surface area contributed by atoms with Crippen LogP contribution in [0.1, 0.15) is 24.2 Å². The van der Waals surface area contributed by atoms with Crippen LogP contribution in [0.4, 0.5) is 0 Å². The molecular weight excluding hydrogens is 364 g/mol. The van der Waals surface area contributed by atoms with E-state index in [1.165, 1.54) is 11.3 Å². The van der Waals surface area contributed by atoms with E-state index in [1.807, 2.05) is 36.6 Å². The fourth-order valence-corrected chi connectivity index (χ4v) is 3.97. The van der Waals surface area contributed by atoms with Crippen molar-refractivity contribution in [2.75, 3.05) is 13.7 Å². The lowest BCUT2D eigenvalue weighted by atomic mass is 10.0. The Balaban J connectivity index is 2.09. The minimum absolute atomic E-state index is 0.0165. The molecule has 0 atom stereocenters. The summed E-state index contributed by atoms with van der Waals surface area (Å²) in [4.78, 5) is 29.5. The van der Waals surface area contributed by atoms with E-state index in [1.54, 1.807) is 11.7 Å². The minimum Gasteiger partial charge on any atom is -0.481 e. The second-order valence-electron chi connectivity index (χ2n) is 6.42. The Kier molecular flexibility index (Phi) is 6.03. The SMILES string of the molecule is COCCc1nc2scc(-c3ccc(C)cc3)c2c(=O)n1CCCC(=O)O. The van der Waals surface area contributed by atoms with E-state index >= 15 is 0 Å². The van der Waals surface area contributed by atoms with Crippen molar-refractivity contribution in [3.8, 4) is 11.1 Å². The molecule has 2 aromatic heterocycles. The van der Waals surface area contributed by atoms with Gasteiger partial charge in [0.15, 0.2) is 0 Å². The highest BCUT2D eigenvalue weighted by atomic mass is 32.1. The number of nitrogens with zero attached hydrogens (tertiary/aromatic N) is 2. The van der Waals surface area contributed by atoms with Gasteiger partial charge >= 0.3 is 5.97 Å². The molecular formula is C20H22N2O4S. The first-order valence-corrected chi connectivity index (χ1v) is 9.68. The van der Waals surface area contributed by atoms with Crippen molar-refractivity contribution < 1.29 is 14.6 Å². The number of carbonyl (C=O) groups is 1. The molecule has 142 valence electrons. The van der Waals surface area contributed by atoms with Gasteiger partial charge in [0.2, 0.25) is 0 Å². The zero-order valence-electron chi connectivity index (χ0n) is 15.4. The Hall–Kier alpha value is -2.51. The monoisotopic (exact) mass is 386 g/mol. The van der Waals surface area contributed by atoms with E-state index < -0.39 is 5.97 Å². The summed E-state index contributed by atoms with van der Waals surface area (Å²) in [5.74, 6) is -0.233. The molecule has 1 aromatic carbocycles. The maximum atomic E-state index is 13.3. The molecule has 0 fully saturated rings. The number of rotatable bonds is 8. The summed E-state index contributed by atoms with van der Waals surface area (Å²) in [5, 5.41) is 11.5. The van der Waals surface area contributed by atoms with Gasteiger partial charge < -0.3 is 9.84 Å². The standard InChI is InChI=1S/C20H22N2O4S/c1-13-5-7-14(8-6-13)15-12-27-19-18(15)20(25)22(10-3-4-17(23)24)16(21-19)9-11-26-2/h5-8,12H,3-4,9-11H2,1-2H3,(H,23,24). The third-order valence-electron chi connectivity index (χ3n) is 4.44. The van der Waals surface area contributed by atoms with Gasteiger partial charge in [0.1, 0.15) is 10.7 Å². The molecule has 0 saturated heterocycles. The molecule has 6 nitrogen and oxygen atoms in total. The van der Waals surface area contributed by atoms with Crippen molar-refractivity contribution in [2.45, 2.75) is 32.7 Å². The first-order valence-electron chi connectivity index (χ1n) is 8.80. The fraction of sp³-hybridized carbons (Fsp3) is 0.350. The number of ether oxygens (including phenoxy) is 1. The predicted molar refractivity (Wildman–Crippen MR) is 107 cm³/mol. The largest absolute Gasteiger partial charge is 0.481 e. The van der Waals surface area contributed by atoms with Crippen LogP contribution in [0.5, 0.6) is 0 Å². The minimum atomic E-state index is -0.869. The number of benzene rings is 1. The Labute approximate surface area is 161 Å². The number of hydrogen-bond acceptors (Lipinski definition) is 5. The van der Waals surface area contributed by atoms with Gasteiger partial charge in [-0.1, -0.05) is 29.8 Å². The fourth-order valence-electron chi connectivity index (χ4n) is 3.02. The molecule has 0 unspecified atom stereocenters. The van der Waals surface area contributed by atoms with Crippen LogP contribution in [0, 0.1) is 6.92 Å². The van der Waals surface area contributed by atoms with Crippen LogP contribution < -0.4 is 5.56 Å². The summed E-state index contributed by atoms with van der Waals surface area (Å²) in [6.07, 6.45) is 0.904. The summed E-state index contributed by atoms with van der Waals surface area (Å²) in [5.41, 5.74) is 2.89. The van der Waals surface area contributed by atoms with E-state index in [0.717, 1.165) is 16.7 Å². The zero-order valence-corrected chi connectivity index (χ0v) is 16.2. The number of carboxylic acids is 1. The molecule has 0 bridgehead atoms. The van der Waals surface area contributed by atoms with Crippen molar-refractivity contribution >= 4 is 27.5 Å². The van der Waals surface area contributed by atoms with Crippen LogP contribution in [0.15, 0.2) is 34.4 Å². The van der Waals surface area contributed by atoms with Gasteiger partial charge in [-0.2, -0.15) is 0 Å². The summed E-state index contributed by atoms with van der Waals surface area (Å²) in [6, 6.07) is 8.04. The van der Waals surface area contributed by atoms with Crippen LogP contribution in [-0.4, -0.2) is 34.3 Å². The van der Waals surface area contributed by atoms with Crippen LogP contribution in [0.2, 0.25) is 0 Å². The quantitative estimate of drug-likeness (QED) is 0.641. The Bertz CT molecular complexity index is 1010. The maximum absolute atomic E-state index is 13.3. The van der Waals surface area contributed by atoms with Crippen LogP contribution in [-0.2, 0) is 22.5 Å². The van der Waals surface area contributed by atoms with Crippen LogP contribution in [0.3, 0.4) is 0 Å². The van der Waals surface area contributed by atoms with Crippen molar-refractivity contribution in [3.05, 3.63) is 51.4 Å². The average Bonchev–Trinajstić information content (AvgIpc) is 3.06. The molecule has 0 aliphatic rings.